The average molecular weight is 420 g/mol. The number of carbonyl (C=O) groups is 2. The molecule has 0 spiro atoms. The van der Waals surface area contributed by atoms with Gasteiger partial charge in [0, 0.05) is 49.4 Å². The van der Waals surface area contributed by atoms with Gasteiger partial charge >= 0.3 is 0 Å². The van der Waals surface area contributed by atoms with Crippen molar-refractivity contribution in [3.05, 3.63) is 34.9 Å². The van der Waals surface area contributed by atoms with Gasteiger partial charge in [-0.3, -0.25) is 9.59 Å². The summed E-state index contributed by atoms with van der Waals surface area (Å²) < 4.78 is 0. The summed E-state index contributed by atoms with van der Waals surface area (Å²) in [5.41, 5.74) is 3.02. The predicted octanol–water partition coefficient (Wildman–Crippen LogP) is 0.438. The summed E-state index contributed by atoms with van der Waals surface area (Å²) in [7, 11) is 0. The van der Waals surface area contributed by atoms with Crippen LogP contribution in [0.15, 0.2) is 18.2 Å². The van der Waals surface area contributed by atoms with Crippen LogP contribution < -0.4 is 26.6 Å². The molecule has 0 radical (unpaired) electrons. The molecule has 6 unspecified atom stereocenters. The van der Waals surface area contributed by atoms with E-state index < -0.39 is 0 Å². The summed E-state index contributed by atoms with van der Waals surface area (Å²) in [6.45, 7) is 6.09. The molecule has 4 rings (SSSR count). The Morgan fingerprint density at radius 2 is 2.00 bits per heavy atom. The summed E-state index contributed by atoms with van der Waals surface area (Å²) in [5, 5.41) is 16.4. The van der Waals surface area contributed by atoms with Crippen LogP contribution in [0.4, 0.5) is 0 Å². The third kappa shape index (κ3) is 4.28. The number of fused-ring (bicyclic) bond motifs is 1. The first-order valence-corrected chi connectivity index (χ1v) is 10.9. The molecular formula is C21H30ClN5O2. The van der Waals surface area contributed by atoms with Gasteiger partial charge in [0.05, 0.1) is 11.4 Å². The van der Waals surface area contributed by atoms with Crippen molar-refractivity contribution in [1.82, 2.24) is 26.6 Å². The molecule has 2 amide bonds. The molecule has 0 aromatic heterocycles. The van der Waals surface area contributed by atoms with Crippen LogP contribution in [0.1, 0.15) is 47.8 Å². The highest BCUT2D eigenvalue weighted by Gasteiger charge is 2.35. The smallest absolute Gasteiger partial charge is 0.251 e. The van der Waals surface area contributed by atoms with Crippen molar-refractivity contribution in [3.8, 4) is 0 Å². The summed E-state index contributed by atoms with van der Waals surface area (Å²) in [4.78, 5) is 24.9. The molecule has 3 aliphatic rings. The van der Waals surface area contributed by atoms with E-state index in [0.717, 1.165) is 36.1 Å². The molecule has 0 bridgehead atoms. The molecule has 2 fully saturated rings. The van der Waals surface area contributed by atoms with Crippen LogP contribution in [-0.2, 0) is 11.2 Å². The number of nitrogens with one attached hydrogen (secondary N) is 5. The largest absolute Gasteiger partial charge is 0.352 e. The van der Waals surface area contributed by atoms with Gasteiger partial charge in [0.1, 0.15) is 0 Å². The first kappa shape index (κ1) is 20.6. The van der Waals surface area contributed by atoms with E-state index >= 15 is 0 Å². The average Bonchev–Trinajstić information content (AvgIpc) is 2.71. The van der Waals surface area contributed by atoms with Gasteiger partial charge in [0.25, 0.3) is 5.91 Å². The molecule has 3 aliphatic heterocycles. The van der Waals surface area contributed by atoms with Crippen LogP contribution in [0.5, 0.6) is 0 Å². The second kappa shape index (κ2) is 8.60. The van der Waals surface area contributed by atoms with Crippen LogP contribution in [0.2, 0.25) is 0 Å². The Morgan fingerprint density at radius 1 is 1.17 bits per heavy atom. The molecule has 0 aliphatic carbocycles. The first-order valence-electron chi connectivity index (χ1n) is 10.5. The van der Waals surface area contributed by atoms with Gasteiger partial charge < -0.3 is 26.6 Å². The summed E-state index contributed by atoms with van der Waals surface area (Å²) in [5.74, 6) is -0.00253. The Hall–Kier alpha value is -1.67. The molecule has 1 aromatic carbocycles. The molecule has 5 N–H and O–H groups in total. The van der Waals surface area contributed by atoms with E-state index in [9.17, 15) is 9.59 Å². The van der Waals surface area contributed by atoms with Crippen LogP contribution in [0.3, 0.4) is 0 Å². The maximum absolute atomic E-state index is 12.8. The number of hydrogen-bond acceptors (Lipinski definition) is 5. The summed E-state index contributed by atoms with van der Waals surface area (Å²) >= 11 is 6.34. The predicted molar refractivity (Wildman–Crippen MR) is 113 cm³/mol. The van der Waals surface area contributed by atoms with Crippen LogP contribution >= 0.6 is 11.6 Å². The molecule has 158 valence electrons. The van der Waals surface area contributed by atoms with Gasteiger partial charge in [-0.05, 0) is 43.9 Å². The second-order valence-corrected chi connectivity index (χ2v) is 8.99. The van der Waals surface area contributed by atoms with Gasteiger partial charge in [-0.15, -0.1) is 11.6 Å². The summed E-state index contributed by atoms with van der Waals surface area (Å²) in [6.07, 6.45) is 1.61. The van der Waals surface area contributed by atoms with E-state index in [1.165, 1.54) is 0 Å². The number of halogens is 1. The molecule has 1 aromatic rings. The van der Waals surface area contributed by atoms with E-state index in [-0.39, 0.29) is 47.4 Å². The number of alkyl halides is 1. The van der Waals surface area contributed by atoms with Gasteiger partial charge in [-0.1, -0.05) is 12.1 Å². The number of benzene rings is 1. The number of carbonyl (C=O) groups excluding carboxylic acids is 2. The van der Waals surface area contributed by atoms with Crippen LogP contribution in [0.25, 0.3) is 0 Å². The Balaban J connectivity index is 1.40. The van der Waals surface area contributed by atoms with Crippen molar-refractivity contribution in [3.63, 3.8) is 0 Å². The maximum Gasteiger partial charge on any atom is 0.251 e. The highest BCUT2D eigenvalue weighted by atomic mass is 35.5. The minimum absolute atomic E-state index is 0.00230. The fraction of sp³-hybridized carbons (Fsp3) is 0.619. The fourth-order valence-electron chi connectivity index (χ4n) is 4.65. The second-order valence-electron chi connectivity index (χ2n) is 8.43. The monoisotopic (exact) mass is 419 g/mol. The van der Waals surface area contributed by atoms with E-state index in [1.54, 1.807) is 0 Å². The fourth-order valence-corrected chi connectivity index (χ4v) is 4.96. The maximum atomic E-state index is 12.8. The minimum atomic E-state index is -0.294. The first-order chi connectivity index (χ1) is 13.9. The molecule has 2 saturated heterocycles. The zero-order chi connectivity index (χ0) is 20.5. The molecule has 3 heterocycles. The van der Waals surface area contributed by atoms with Crippen molar-refractivity contribution < 1.29 is 9.59 Å². The van der Waals surface area contributed by atoms with Gasteiger partial charge in [0.2, 0.25) is 5.91 Å². The van der Waals surface area contributed by atoms with E-state index in [2.05, 4.69) is 46.5 Å². The lowest BCUT2D eigenvalue weighted by Gasteiger charge is -2.39. The zero-order valence-corrected chi connectivity index (χ0v) is 17.7. The van der Waals surface area contributed by atoms with E-state index in [0.29, 0.717) is 13.1 Å². The van der Waals surface area contributed by atoms with Gasteiger partial charge in [-0.25, -0.2) is 0 Å². The van der Waals surface area contributed by atoms with Gasteiger partial charge in [-0.2, -0.15) is 0 Å². The van der Waals surface area contributed by atoms with Crippen molar-refractivity contribution in [2.45, 2.75) is 62.3 Å². The number of amides is 2. The Kier molecular flexibility index (Phi) is 6.11. The molecule has 7 nitrogen and oxygen atoms in total. The van der Waals surface area contributed by atoms with Crippen molar-refractivity contribution in [1.29, 1.82) is 0 Å². The minimum Gasteiger partial charge on any atom is -0.352 e. The van der Waals surface area contributed by atoms with E-state index in [4.69, 9.17) is 11.6 Å². The Labute approximate surface area is 176 Å². The lowest BCUT2D eigenvalue weighted by atomic mass is 9.87. The van der Waals surface area contributed by atoms with E-state index in [1.807, 2.05) is 12.1 Å². The molecule has 0 saturated carbocycles. The quantitative estimate of drug-likeness (QED) is 0.458. The highest BCUT2D eigenvalue weighted by molar-refractivity contribution is 6.21. The lowest BCUT2D eigenvalue weighted by Crippen LogP contribution is -2.63. The molecule has 6 atom stereocenters. The number of piperazine rings is 1. The van der Waals surface area contributed by atoms with Crippen LogP contribution in [-0.4, -0.2) is 61.0 Å². The standard InChI is InChI=1S/C21H30ClN5O2/c1-11-17(22)8-13(9-24-11)27-21(29)18-10-25-19(12(2)26-18)15-4-3-5-16-14(15)6-7-23-20(16)28/h3-5,11-13,17-19,24-26H,6-10H2,1-2H3,(H,23,28)(H,27,29). The third-order valence-electron chi connectivity index (χ3n) is 6.36. The zero-order valence-electron chi connectivity index (χ0n) is 16.9. The molecule has 8 heteroatoms. The summed E-state index contributed by atoms with van der Waals surface area (Å²) in [6, 6.07) is 6.04. The molecule has 29 heavy (non-hydrogen) atoms. The third-order valence-corrected chi connectivity index (χ3v) is 6.92. The van der Waals surface area contributed by atoms with Crippen molar-refractivity contribution in [2.24, 2.45) is 0 Å². The normalized spacial score (nSPS) is 34.8. The number of rotatable bonds is 3. The molecular weight excluding hydrogens is 390 g/mol. The SMILES string of the molecule is CC1NCC(NC(=O)C2CNC(c3cccc4c3CCNC4=O)C(C)N2)CC1Cl. The van der Waals surface area contributed by atoms with Crippen molar-refractivity contribution >= 4 is 23.4 Å². The Morgan fingerprint density at radius 3 is 2.76 bits per heavy atom. The highest BCUT2D eigenvalue weighted by Crippen LogP contribution is 2.28. The Bertz CT molecular complexity index is 788. The lowest BCUT2D eigenvalue weighted by molar-refractivity contribution is -0.124. The van der Waals surface area contributed by atoms with Crippen LogP contribution in [0, 0.1) is 0 Å². The van der Waals surface area contributed by atoms with Crippen molar-refractivity contribution in [2.75, 3.05) is 19.6 Å². The van der Waals surface area contributed by atoms with Gasteiger partial charge in [0.15, 0.2) is 0 Å². The number of hydrogen-bond donors (Lipinski definition) is 5. The topological polar surface area (TPSA) is 94.3 Å². The number of piperidine rings is 1.